The van der Waals surface area contributed by atoms with Crippen molar-refractivity contribution in [2.24, 2.45) is 0 Å². The van der Waals surface area contributed by atoms with Crippen LogP contribution in [0.1, 0.15) is 59.2 Å². The Bertz CT molecular complexity index is 2510. The number of imidazole rings is 1. The quantitative estimate of drug-likeness (QED) is 0.120. The Morgan fingerprint density at radius 3 is 2.50 bits per heavy atom. The topological polar surface area (TPSA) is 198 Å². The number of imide groups is 2. The van der Waals surface area contributed by atoms with E-state index in [1.165, 1.54) is 19.2 Å². The Hall–Kier alpha value is -6.58. The summed E-state index contributed by atoms with van der Waals surface area (Å²) in [4.78, 5) is 93.8. The third-order valence-electron chi connectivity index (χ3n) is 11.0. The number of likely N-dealkylation sites (tertiary alicyclic amines) is 1. The molecule has 2 aromatic heterocycles. The van der Waals surface area contributed by atoms with Gasteiger partial charge in [-0.15, -0.1) is 0 Å². The molecule has 16 heteroatoms. The van der Waals surface area contributed by atoms with Gasteiger partial charge in [0, 0.05) is 64.0 Å². The van der Waals surface area contributed by atoms with E-state index in [0.717, 1.165) is 28.3 Å². The molecule has 0 bridgehead atoms. The lowest BCUT2D eigenvalue weighted by Gasteiger charge is -2.36. The second kappa shape index (κ2) is 14.6. The molecule has 2 saturated heterocycles. The molecule has 56 heavy (non-hydrogen) atoms. The number of nitrogens with one attached hydrogen (secondary N) is 3. The molecular formula is C40H40FN9O6. The molecule has 5 N–H and O–H groups in total. The van der Waals surface area contributed by atoms with E-state index in [1.54, 1.807) is 24.3 Å². The van der Waals surface area contributed by atoms with Crippen LogP contribution in [0.2, 0.25) is 0 Å². The van der Waals surface area contributed by atoms with Gasteiger partial charge in [0.1, 0.15) is 23.2 Å². The Kier molecular flexibility index (Phi) is 9.48. The molecule has 3 aliphatic rings. The van der Waals surface area contributed by atoms with Gasteiger partial charge < -0.3 is 30.8 Å². The van der Waals surface area contributed by atoms with Gasteiger partial charge in [-0.1, -0.05) is 18.6 Å². The van der Waals surface area contributed by atoms with E-state index >= 15 is 0 Å². The summed E-state index contributed by atoms with van der Waals surface area (Å²) in [5.41, 5.74) is 9.45. The summed E-state index contributed by atoms with van der Waals surface area (Å²) in [6.07, 6.45) is 2.82. The zero-order chi connectivity index (χ0) is 39.2. The first-order valence-corrected chi connectivity index (χ1v) is 18.7. The number of unbranched alkanes of at least 4 members (excludes halogenated alkanes) is 2. The van der Waals surface area contributed by atoms with Crippen LogP contribution in [0.5, 0.6) is 0 Å². The van der Waals surface area contributed by atoms with Crippen molar-refractivity contribution in [3.63, 3.8) is 0 Å². The molecule has 3 aliphatic heterocycles. The molecule has 1 unspecified atom stereocenters. The van der Waals surface area contributed by atoms with E-state index in [-0.39, 0.29) is 58.2 Å². The minimum atomic E-state index is -1.01. The molecule has 3 aromatic carbocycles. The summed E-state index contributed by atoms with van der Waals surface area (Å²) in [7, 11) is 1.36. The van der Waals surface area contributed by atoms with Crippen molar-refractivity contribution in [1.82, 2.24) is 29.7 Å². The number of fused-ring (bicyclic) bond motifs is 3. The van der Waals surface area contributed by atoms with Gasteiger partial charge in [0.05, 0.1) is 38.8 Å². The van der Waals surface area contributed by atoms with Crippen LogP contribution in [-0.2, 0) is 14.4 Å². The number of halogens is 1. The van der Waals surface area contributed by atoms with Crippen LogP contribution in [0.4, 0.5) is 21.5 Å². The number of rotatable bonds is 10. The van der Waals surface area contributed by atoms with Gasteiger partial charge >= 0.3 is 0 Å². The van der Waals surface area contributed by atoms with Crippen LogP contribution < -0.4 is 21.5 Å². The first kappa shape index (κ1) is 36.4. The Morgan fingerprint density at radius 2 is 1.70 bits per heavy atom. The molecule has 0 radical (unpaired) electrons. The number of nitrogen functional groups attached to an aromatic ring is 1. The number of likely N-dealkylation sites (N-methyl/N-ethyl adjacent to an activating group) is 1. The van der Waals surface area contributed by atoms with Crippen LogP contribution in [0.25, 0.3) is 33.3 Å². The fourth-order valence-corrected chi connectivity index (χ4v) is 7.93. The molecule has 5 amide bonds. The number of piperidine rings is 1. The standard InChI is InChI=1S/C40H40FN9O6/c1-47-30(51)15-14-29(39(47)55)50-38(54)23-7-5-9-26(32(23)40(50)56)43-16-4-2-3-11-31(52)49-19-17-48(18-20-49)22-12-13-25-28(21-22)45-36(44-25)34-35(42)33-24(41)8-6-10-27(33)46-37(34)53/h5-10,12-13,21,29,43H,2-4,11,14-20H2,1H3,(H,44,45)(H3,42,46,53). The van der Waals surface area contributed by atoms with E-state index in [0.29, 0.717) is 67.8 Å². The number of pyridine rings is 1. The number of nitrogens with two attached hydrogens (primary N) is 1. The van der Waals surface area contributed by atoms with Crippen LogP contribution in [0, 0.1) is 5.82 Å². The maximum Gasteiger partial charge on any atom is 0.264 e. The fraction of sp³-hybridized carbons (Fsp3) is 0.325. The van der Waals surface area contributed by atoms with Crippen LogP contribution >= 0.6 is 0 Å². The smallest absolute Gasteiger partial charge is 0.264 e. The van der Waals surface area contributed by atoms with Gasteiger partial charge in [-0.2, -0.15) is 0 Å². The van der Waals surface area contributed by atoms with E-state index in [2.05, 4.69) is 25.2 Å². The number of carbonyl (C=O) groups is 5. The average Bonchev–Trinajstić information content (AvgIpc) is 3.72. The van der Waals surface area contributed by atoms with Gasteiger partial charge in [0.2, 0.25) is 11.8 Å². The van der Waals surface area contributed by atoms with Crippen molar-refractivity contribution in [1.29, 1.82) is 0 Å². The normalized spacial score (nSPS) is 17.4. The van der Waals surface area contributed by atoms with Gasteiger partial charge in [-0.05, 0) is 61.7 Å². The molecule has 0 spiro atoms. The highest BCUT2D eigenvalue weighted by molar-refractivity contribution is 6.25. The molecule has 288 valence electrons. The predicted molar refractivity (Wildman–Crippen MR) is 208 cm³/mol. The van der Waals surface area contributed by atoms with Gasteiger partial charge in [0.25, 0.3) is 23.3 Å². The highest BCUT2D eigenvalue weighted by Crippen LogP contribution is 2.34. The van der Waals surface area contributed by atoms with Crippen molar-refractivity contribution in [3.05, 3.63) is 81.9 Å². The van der Waals surface area contributed by atoms with E-state index in [1.807, 2.05) is 23.1 Å². The highest BCUT2D eigenvalue weighted by Gasteiger charge is 2.47. The number of amides is 5. The maximum absolute atomic E-state index is 14.6. The molecule has 5 aromatic rings. The van der Waals surface area contributed by atoms with E-state index in [4.69, 9.17) is 5.73 Å². The first-order chi connectivity index (χ1) is 27.0. The zero-order valence-electron chi connectivity index (χ0n) is 30.7. The molecule has 5 heterocycles. The number of nitrogens with zero attached hydrogens (tertiary/aromatic N) is 5. The molecule has 0 aliphatic carbocycles. The number of hydrogen-bond acceptors (Lipinski definition) is 10. The summed E-state index contributed by atoms with van der Waals surface area (Å²) in [6.45, 7) is 2.95. The van der Waals surface area contributed by atoms with Crippen molar-refractivity contribution >= 4 is 68.5 Å². The lowest BCUT2D eigenvalue weighted by atomic mass is 10.0. The molecule has 8 rings (SSSR count). The van der Waals surface area contributed by atoms with Gasteiger partial charge in [0.15, 0.2) is 0 Å². The molecule has 0 saturated carbocycles. The molecular weight excluding hydrogens is 721 g/mol. The summed E-state index contributed by atoms with van der Waals surface area (Å²) in [5.74, 6) is -2.18. The number of carbonyl (C=O) groups excluding carboxylic acids is 5. The SMILES string of the molecule is CN1C(=O)CCC(N2C(=O)c3cccc(NCCCCCC(=O)N4CCN(c5ccc6nc(-c7c(N)c8c(F)cccc8[nH]c7=O)[nH]c6c5)CC4)c3C2=O)C1=O. The van der Waals surface area contributed by atoms with Crippen LogP contribution in [0.15, 0.2) is 59.4 Å². The first-order valence-electron chi connectivity index (χ1n) is 18.7. The summed E-state index contributed by atoms with van der Waals surface area (Å²) >= 11 is 0. The summed E-state index contributed by atoms with van der Waals surface area (Å²) < 4.78 is 14.6. The van der Waals surface area contributed by atoms with Crippen molar-refractivity contribution in [2.45, 2.75) is 44.6 Å². The Balaban J connectivity index is 0.810. The van der Waals surface area contributed by atoms with Crippen molar-refractivity contribution in [2.75, 3.05) is 55.7 Å². The second-order valence-electron chi connectivity index (χ2n) is 14.4. The number of aromatic nitrogens is 3. The monoisotopic (exact) mass is 761 g/mol. The number of benzene rings is 3. The van der Waals surface area contributed by atoms with Crippen LogP contribution in [-0.4, -0.2) is 105 Å². The highest BCUT2D eigenvalue weighted by atomic mass is 19.1. The number of piperazine rings is 1. The largest absolute Gasteiger partial charge is 0.397 e. The number of hydrogen-bond donors (Lipinski definition) is 4. The minimum Gasteiger partial charge on any atom is -0.397 e. The molecule has 2 fully saturated rings. The third kappa shape index (κ3) is 6.39. The van der Waals surface area contributed by atoms with Gasteiger partial charge in [-0.25, -0.2) is 9.37 Å². The minimum absolute atomic E-state index is 0.0157. The summed E-state index contributed by atoms with van der Waals surface area (Å²) in [6, 6.07) is 14.1. The average molecular weight is 762 g/mol. The predicted octanol–water partition coefficient (Wildman–Crippen LogP) is 3.86. The van der Waals surface area contributed by atoms with Crippen LogP contribution in [0.3, 0.4) is 0 Å². The lowest BCUT2D eigenvalue weighted by Crippen LogP contribution is -2.54. The Morgan fingerprint density at radius 1 is 0.911 bits per heavy atom. The van der Waals surface area contributed by atoms with Crippen molar-refractivity contribution in [3.8, 4) is 11.4 Å². The Labute approximate surface area is 319 Å². The number of aromatic amines is 2. The fourth-order valence-electron chi connectivity index (χ4n) is 7.93. The van der Waals surface area contributed by atoms with Crippen molar-refractivity contribution < 1.29 is 28.4 Å². The maximum atomic E-state index is 14.6. The number of H-pyrrole nitrogens is 2. The lowest BCUT2D eigenvalue weighted by molar-refractivity contribution is -0.149. The molecule has 1 atom stereocenters. The van der Waals surface area contributed by atoms with E-state index < -0.39 is 35.1 Å². The second-order valence-corrected chi connectivity index (χ2v) is 14.4. The summed E-state index contributed by atoms with van der Waals surface area (Å²) in [5, 5.41) is 3.40. The molecule has 15 nitrogen and oxygen atoms in total. The number of anilines is 3. The van der Waals surface area contributed by atoms with Gasteiger partial charge in [-0.3, -0.25) is 38.6 Å². The van der Waals surface area contributed by atoms with E-state index in [9.17, 15) is 33.2 Å². The third-order valence-corrected chi connectivity index (χ3v) is 11.0. The zero-order valence-corrected chi connectivity index (χ0v) is 30.7.